The summed E-state index contributed by atoms with van der Waals surface area (Å²) >= 11 is 1.75. The van der Waals surface area contributed by atoms with Crippen LogP contribution in [-0.4, -0.2) is 64.6 Å². The Balaban J connectivity index is 0.00000289. The third-order valence-corrected chi connectivity index (χ3v) is 12.6. The molecule has 3 saturated carbocycles. The number of nitrogens with zero attached hydrogens (tertiary/aromatic N) is 1. The largest absolute Gasteiger partial charge is 0.461 e. The number of carbonyl (C=O) groups excluding carboxylic acids is 2. The fraction of sp³-hybridized carbons (Fsp3) is 0.857. The van der Waals surface area contributed by atoms with E-state index in [1.807, 2.05) is 6.08 Å². The second-order valence-electron chi connectivity index (χ2n) is 12.7. The number of hydrogen-bond donors (Lipinski definition) is 1. The second-order valence-corrected chi connectivity index (χ2v) is 13.9. The number of carbonyl (C=O) groups is 2. The highest BCUT2D eigenvalue weighted by Crippen LogP contribution is 2.68. The van der Waals surface area contributed by atoms with Crippen LogP contribution in [0.1, 0.15) is 66.2 Å². The van der Waals surface area contributed by atoms with Crippen molar-refractivity contribution in [2.24, 2.45) is 39.9 Å². The Hall–Kier alpha value is -0.560. The number of aliphatic hydroxyl groups is 1. The number of ketones is 1. The predicted octanol–water partition coefficient (Wildman–Crippen LogP) is 4.75. The Morgan fingerprint density at radius 2 is 2.00 bits per heavy atom. The summed E-state index contributed by atoms with van der Waals surface area (Å²) in [5.74, 6) is 1.31. The van der Waals surface area contributed by atoms with Crippen LogP contribution in [0.15, 0.2) is 12.7 Å². The zero-order chi connectivity index (χ0) is 24.5. The van der Waals surface area contributed by atoms with Gasteiger partial charge in [0.05, 0.1) is 11.9 Å². The SMILES string of the molecule is C=C[C@]1(C)C[C@@H](OC(=O)CS[C@H]2CN3CC[C@H]2C3)[C@@]2(C)C3C(=O)CC[C@@]3(CC[C@H]2C)[C@@H](C)[C@@H]1O.Cl. The highest BCUT2D eigenvalue weighted by atomic mass is 35.5. The van der Waals surface area contributed by atoms with Crippen molar-refractivity contribution in [3.63, 3.8) is 0 Å². The molecule has 0 aromatic carbocycles. The van der Waals surface area contributed by atoms with E-state index < -0.39 is 23.0 Å². The number of piperidine rings is 1. The van der Waals surface area contributed by atoms with E-state index in [1.165, 1.54) is 19.5 Å². The van der Waals surface area contributed by atoms with E-state index in [-0.39, 0.29) is 41.5 Å². The molecule has 1 N–H and O–H groups in total. The minimum atomic E-state index is -0.616. The van der Waals surface area contributed by atoms with Crippen LogP contribution >= 0.6 is 24.2 Å². The fourth-order valence-corrected chi connectivity index (χ4v) is 10.0. The molecule has 0 aromatic heterocycles. The lowest BCUT2D eigenvalue weighted by atomic mass is 9.44. The Kier molecular flexibility index (Phi) is 7.56. The average molecular weight is 526 g/mol. The number of Topliss-reactive ketones (excluding diaryl/α,β-unsaturated/α-hetero) is 1. The standard InChI is InChI=1S/C28H43NO4S.ClH/c1-6-26(4)13-22(33-23(31)16-34-21-15-29-12-9-19(21)14-29)27(5)17(2)7-10-28(18(3)25(26)32)11-8-20(30)24(27)28;/h6,17-19,21-22,24-25,32H,1,7-16H2,2-5H3;1H/t17-,18+,19+,21+,22-,24?,25+,26-,27+,28+;/m1./s1. The van der Waals surface area contributed by atoms with Crippen molar-refractivity contribution in [3.8, 4) is 0 Å². The molecule has 2 saturated heterocycles. The van der Waals surface area contributed by atoms with Gasteiger partial charge in [0.15, 0.2) is 0 Å². The Labute approximate surface area is 221 Å². The molecule has 0 aromatic rings. The van der Waals surface area contributed by atoms with Crippen LogP contribution in [-0.2, 0) is 14.3 Å². The van der Waals surface area contributed by atoms with E-state index in [2.05, 4.69) is 39.2 Å². The zero-order valence-corrected chi connectivity index (χ0v) is 23.5. The molecule has 2 unspecified atom stereocenters. The number of aliphatic hydroxyl groups excluding tert-OH is 1. The lowest BCUT2D eigenvalue weighted by Gasteiger charge is -2.61. The van der Waals surface area contributed by atoms with Gasteiger partial charge in [0.2, 0.25) is 0 Å². The molecule has 2 heterocycles. The van der Waals surface area contributed by atoms with E-state index >= 15 is 0 Å². The van der Waals surface area contributed by atoms with Crippen molar-refractivity contribution in [2.75, 3.05) is 25.4 Å². The van der Waals surface area contributed by atoms with Crippen molar-refractivity contribution in [1.29, 1.82) is 0 Å². The molecule has 0 amide bonds. The first-order valence-corrected chi connectivity index (χ1v) is 14.5. The van der Waals surface area contributed by atoms with Gasteiger partial charge in [-0.05, 0) is 61.8 Å². The van der Waals surface area contributed by atoms with Gasteiger partial charge in [-0.15, -0.1) is 30.7 Å². The molecule has 5 nitrogen and oxygen atoms in total. The van der Waals surface area contributed by atoms with E-state index in [0.717, 1.165) is 25.8 Å². The van der Waals surface area contributed by atoms with Gasteiger partial charge < -0.3 is 14.7 Å². The van der Waals surface area contributed by atoms with E-state index in [0.29, 0.717) is 35.5 Å². The number of halogens is 1. The van der Waals surface area contributed by atoms with Crippen LogP contribution in [0.25, 0.3) is 0 Å². The first-order valence-electron chi connectivity index (χ1n) is 13.4. The van der Waals surface area contributed by atoms with Gasteiger partial charge in [0.1, 0.15) is 11.9 Å². The van der Waals surface area contributed by atoms with Crippen molar-refractivity contribution < 1.29 is 19.4 Å². The van der Waals surface area contributed by atoms with Crippen LogP contribution in [0.3, 0.4) is 0 Å². The molecular weight excluding hydrogens is 482 g/mol. The van der Waals surface area contributed by atoms with Gasteiger partial charge in [0, 0.05) is 41.5 Å². The van der Waals surface area contributed by atoms with Crippen LogP contribution < -0.4 is 0 Å². The summed E-state index contributed by atoms with van der Waals surface area (Å²) in [6, 6.07) is 0. The van der Waals surface area contributed by atoms with E-state index in [9.17, 15) is 14.7 Å². The molecule has 5 aliphatic rings. The molecular formula is C28H44ClNO4S. The summed E-state index contributed by atoms with van der Waals surface area (Å²) < 4.78 is 6.38. The van der Waals surface area contributed by atoms with Crippen molar-refractivity contribution >= 4 is 35.9 Å². The number of rotatable bonds is 5. The van der Waals surface area contributed by atoms with Crippen molar-refractivity contribution in [3.05, 3.63) is 12.7 Å². The predicted molar refractivity (Wildman–Crippen MR) is 143 cm³/mol. The molecule has 198 valence electrons. The van der Waals surface area contributed by atoms with Crippen LogP contribution in [0.4, 0.5) is 0 Å². The van der Waals surface area contributed by atoms with Gasteiger partial charge in [-0.2, -0.15) is 0 Å². The molecule has 0 radical (unpaired) electrons. The summed E-state index contributed by atoms with van der Waals surface area (Å²) in [4.78, 5) is 29.2. The lowest BCUT2D eigenvalue weighted by Crippen LogP contribution is -2.63. The maximum absolute atomic E-state index is 13.5. The van der Waals surface area contributed by atoms with Crippen molar-refractivity contribution in [2.45, 2.75) is 83.7 Å². The molecule has 3 aliphatic carbocycles. The second kappa shape index (κ2) is 9.63. The third-order valence-electron chi connectivity index (χ3n) is 11.3. The van der Waals surface area contributed by atoms with Gasteiger partial charge in [-0.3, -0.25) is 9.59 Å². The highest BCUT2D eigenvalue weighted by molar-refractivity contribution is 8.00. The number of esters is 1. The number of fused-ring (bicyclic) bond motifs is 2. The number of hydrogen-bond acceptors (Lipinski definition) is 6. The molecule has 4 bridgehead atoms. The smallest absolute Gasteiger partial charge is 0.316 e. The van der Waals surface area contributed by atoms with Gasteiger partial charge in [-0.25, -0.2) is 0 Å². The lowest BCUT2D eigenvalue weighted by molar-refractivity contribution is -0.205. The van der Waals surface area contributed by atoms with Gasteiger partial charge in [-0.1, -0.05) is 33.8 Å². The first kappa shape index (κ1) is 27.5. The zero-order valence-electron chi connectivity index (χ0n) is 21.8. The quantitative estimate of drug-likeness (QED) is 0.412. The Morgan fingerprint density at radius 1 is 1.26 bits per heavy atom. The molecule has 35 heavy (non-hydrogen) atoms. The minimum absolute atomic E-state index is 0. The number of ether oxygens (including phenoxy) is 1. The van der Waals surface area contributed by atoms with Crippen LogP contribution in [0.2, 0.25) is 0 Å². The van der Waals surface area contributed by atoms with Crippen molar-refractivity contribution in [1.82, 2.24) is 4.90 Å². The highest BCUT2D eigenvalue weighted by Gasteiger charge is 2.68. The summed E-state index contributed by atoms with van der Waals surface area (Å²) in [5.41, 5.74) is -1.22. The summed E-state index contributed by atoms with van der Waals surface area (Å²) in [6.07, 6.45) is 5.97. The molecule has 2 aliphatic heterocycles. The van der Waals surface area contributed by atoms with Gasteiger partial charge in [0.25, 0.3) is 0 Å². The summed E-state index contributed by atoms with van der Waals surface area (Å²) in [6.45, 7) is 16.2. The summed E-state index contributed by atoms with van der Waals surface area (Å²) in [5, 5.41) is 12.1. The molecule has 11 atom stereocenters. The fourth-order valence-electron chi connectivity index (χ4n) is 8.79. The average Bonchev–Trinajstić information content (AvgIpc) is 3.53. The first-order chi connectivity index (χ1) is 16.0. The van der Waals surface area contributed by atoms with E-state index in [4.69, 9.17) is 4.74 Å². The van der Waals surface area contributed by atoms with Crippen LogP contribution in [0, 0.1) is 39.9 Å². The Morgan fingerprint density at radius 3 is 2.63 bits per heavy atom. The monoisotopic (exact) mass is 525 g/mol. The molecule has 5 fully saturated rings. The van der Waals surface area contributed by atoms with Crippen LogP contribution in [0.5, 0.6) is 0 Å². The normalized spacial score (nSPS) is 50.6. The van der Waals surface area contributed by atoms with E-state index in [1.54, 1.807) is 11.8 Å². The molecule has 7 heteroatoms. The third kappa shape index (κ3) is 4.13. The minimum Gasteiger partial charge on any atom is -0.461 e. The Bertz CT molecular complexity index is 870. The molecule has 5 rings (SSSR count). The van der Waals surface area contributed by atoms with Gasteiger partial charge >= 0.3 is 5.97 Å². The topological polar surface area (TPSA) is 66.8 Å². The molecule has 0 spiro atoms. The summed E-state index contributed by atoms with van der Waals surface area (Å²) in [7, 11) is 0. The maximum atomic E-state index is 13.5. The maximum Gasteiger partial charge on any atom is 0.316 e. The number of thioether (sulfide) groups is 1.